The van der Waals surface area contributed by atoms with E-state index >= 15 is 0 Å². The Morgan fingerprint density at radius 2 is 2.24 bits per heavy atom. The Morgan fingerprint density at radius 3 is 3.06 bits per heavy atom. The normalized spacial score (nSPS) is 23.9. The summed E-state index contributed by atoms with van der Waals surface area (Å²) in [5.41, 5.74) is 1.99. The van der Waals surface area contributed by atoms with Crippen molar-refractivity contribution in [1.82, 2.24) is 5.32 Å². The van der Waals surface area contributed by atoms with E-state index in [2.05, 4.69) is 5.32 Å². The Bertz CT molecular complexity index is 413. The topological polar surface area (TPSA) is 21.3 Å². The van der Waals surface area contributed by atoms with E-state index in [-0.39, 0.29) is 11.7 Å². The van der Waals surface area contributed by atoms with E-state index in [4.69, 9.17) is 4.74 Å². The third-order valence-electron chi connectivity index (χ3n) is 3.77. The maximum atomic E-state index is 14.1. The van der Waals surface area contributed by atoms with Gasteiger partial charge in [-0.25, -0.2) is 4.39 Å². The fraction of sp³-hybridized carbons (Fsp3) is 0.571. The lowest BCUT2D eigenvalue weighted by Crippen LogP contribution is -2.29. The predicted octanol–water partition coefficient (Wildman–Crippen LogP) is 2.62. The summed E-state index contributed by atoms with van der Waals surface area (Å²) in [6.07, 6.45) is 4.24. The number of benzene rings is 1. The van der Waals surface area contributed by atoms with Crippen LogP contribution in [0.25, 0.3) is 0 Å². The lowest BCUT2D eigenvalue weighted by atomic mass is 9.88. The van der Waals surface area contributed by atoms with Gasteiger partial charge in [-0.15, -0.1) is 0 Å². The third kappa shape index (κ3) is 2.04. The molecule has 0 radical (unpaired) electrons. The molecule has 0 bridgehead atoms. The molecule has 0 amide bonds. The van der Waals surface area contributed by atoms with Gasteiger partial charge in [-0.2, -0.15) is 0 Å². The van der Waals surface area contributed by atoms with E-state index in [0.717, 1.165) is 56.7 Å². The Kier molecular flexibility index (Phi) is 3.02. The lowest BCUT2D eigenvalue weighted by Gasteiger charge is -2.28. The quantitative estimate of drug-likeness (QED) is 0.808. The molecule has 1 N–H and O–H groups in total. The average molecular weight is 235 g/mol. The standard InChI is InChI=1S/C14H18FNO/c15-12-6-5-10-4-2-8-17-14(10)13(12)11-3-1-7-16-9-11/h5-6,11,16H,1-4,7-9H2. The van der Waals surface area contributed by atoms with Gasteiger partial charge in [0.15, 0.2) is 0 Å². The van der Waals surface area contributed by atoms with Gasteiger partial charge in [0.1, 0.15) is 11.6 Å². The molecule has 3 heteroatoms. The van der Waals surface area contributed by atoms with E-state index in [1.54, 1.807) is 6.07 Å². The molecular weight excluding hydrogens is 217 g/mol. The number of rotatable bonds is 1. The molecule has 1 aromatic rings. The molecule has 1 unspecified atom stereocenters. The largest absolute Gasteiger partial charge is 0.493 e. The molecule has 2 aliphatic heterocycles. The molecule has 17 heavy (non-hydrogen) atoms. The van der Waals surface area contributed by atoms with Gasteiger partial charge in [0.2, 0.25) is 0 Å². The summed E-state index contributed by atoms with van der Waals surface area (Å²) in [5.74, 6) is 1.01. The predicted molar refractivity (Wildman–Crippen MR) is 65.1 cm³/mol. The van der Waals surface area contributed by atoms with Crippen LogP contribution in [0.15, 0.2) is 12.1 Å². The van der Waals surface area contributed by atoms with E-state index in [1.807, 2.05) is 6.07 Å². The first-order valence-electron chi connectivity index (χ1n) is 6.51. The van der Waals surface area contributed by atoms with E-state index in [1.165, 1.54) is 5.56 Å². The number of piperidine rings is 1. The van der Waals surface area contributed by atoms with Crippen LogP contribution >= 0.6 is 0 Å². The second kappa shape index (κ2) is 4.65. The number of hydrogen-bond donors (Lipinski definition) is 1. The highest BCUT2D eigenvalue weighted by Gasteiger charge is 2.26. The van der Waals surface area contributed by atoms with Gasteiger partial charge in [0.05, 0.1) is 6.61 Å². The second-order valence-electron chi connectivity index (χ2n) is 4.94. The van der Waals surface area contributed by atoms with Crippen LogP contribution in [-0.4, -0.2) is 19.7 Å². The van der Waals surface area contributed by atoms with E-state index < -0.39 is 0 Å². The number of ether oxygens (including phenoxy) is 1. The van der Waals surface area contributed by atoms with Crippen molar-refractivity contribution >= 4 is 0 Å². The SMILES string of the molecule is Fc1ccc2c(c1C1CCCNC1)OCCC2. The molecule has 0 aromatic heterocycles. The van der Waals surface area contributed by atoms with Crippen molar-refractivity contribution in [2.24, 2.45) is 0 Å². The Morgan fingerprint density at radius 1 is 1.29 bits per heavy atom. The van der Waals surface area contributed by atoms with Crippen molar-refractivity contribution in [1.29, 1.82) is 0 Å². The number of nitrogens with one attached hydrogen (secondary N) is 1. The van der Waals surface area contributed by atoms with Gasteiger partial charge in [-0.1, -0.05) is 6.07 Å². The molecule has 1 fully saturated rings. The van der Waals surface area contributed by atoms with Crippen LogP contribution in [0.1, 0.15) is 36.3 Å². The number of hydrogen-bond acceptors (Lipinski definition) is 2. The highest BCUT2D eigenvalue weighted by molar-refractivity contribution is 5.46. The summed E-state index contributed by atoms with van der Waals surface area (Å²) >= 11 is 0. The molecule has 2 nitrogen and oxygen atoms in total. The first-order valence-corrected chi connectivity index (χ1v) is 6.51. The van der Waals surface area contributed by atoms with Crippen LogP contribution in [0.4, 0.5) is 4.39 Å². The van der Waals surface area contributed by atoms with Crippen LogP contribution in [0.3, 0.4) is 0 Å². The molecule has 92 valence electrons. The zero-order valence-corrected chi connectivity index (χ0v) is 9.97. The molecule has 1 aromatic carbocycles. The zero-order valence-electron chi connectivity index (χ0n) is 9.97. The fourth-order valence-corrected chi connectivity index (χ4v) is 2.90. The van der Waals surface area contributed by atoms with Crippen molar-refractivity contribution in [3.05, 3.63) is 29.1 Å². The van der Waals surface area contributed by atoms with Crippen molar-refractivity contribution in [3.8, 4) is 5.75 Å². The molecule has 0 spiro atoms. The van der Waals surface area contributed by atoms with Crippen LogP contribution in [0.2, 0.25) is 0 Å². The minimum atomic E-state index is -0.0978. The van der Waals surface area contributed by atoms with E-state index in [0.29, 0.717) is 0 Å². The first kappa shape index (κ1) is 11.0. The highest BCUT2D eigenvalue weighted by atomic mass is 19.1. The average Bonchev–Trinajstić information content (AvgIpc) is 2.39. The first-order chi connectivity index (χ1) is 8.36. The molecule has 2 aliphatic rings. The van der Waals surface area contributed by atoms with Crippen LogP contribution in [0.5, 0.6) is 5.75 Å². The summed E-state index contributed by atoms with van der Waals surface area (Å²) in [6.45, 7) is 2.65. The molecule has 2 heterocycles. The van der Waals surface area contributed by atoms with Gasteiger partial charge < -0.3 is 10.1 Å². The van der Waals surface area contributed by atoms with Gasteiger partial charge in [0, 0.05) is 18.0 Å². The molecular formula is C14H18FNO. The number of halogens is 1. The van der Waals surface area contributed by atoms with Crippen LogP contribution in [0, 0.1) is 5.82 Å². The Labute approximate surface area is 101 Å². The van der Waals surface area contributed by atoms with Gasteiger partial charge >= 0.3 is 0 Å². The third-order valence-corrected chi connectivity index (χ3v) is 3.77. The summed E-state index contributed by atoms with van der Waals surface area (Å²) in [5, 5.41) is 3.35. The van der Waals surface area contributed by atoms with Crippen LogP contribution < -0.4 is 10.1 Å². The molecule has 3 rings (SSSR count). The maximum Gasteiger partial charge on any atom is 0.130 e. The number of aryl methyl sites for hydroxylation is 1. The Balaban J connectivity index is 2.01. The highest BCUT2D eigenvalue weighted by Crippen LogP contribution is 2.38. The van der Waals surface area contributed by atoms with Crippen molar-refractivity contribution in [2.75, 3.05) is 19.7 Å². The van der Waals surface area contributed by atoms with Gasteiger partial charge in [0.25, 0.3) is 0 Å². The summed E-state index contributed by atoms with van der Waals surface area (Å²) in [6, 6.07) is 3.49. The minimum Gasteiger partial charge on any atom is -0.493 e. The molecule has 0 aliphatic carbocycles. The second-order valence-corrected chi connectivity index (χ2v) is 4.94. The van der Waals surface area contributed by atoms with E-state index in [9.17, 15) is 4.39 Å². The fourth-order valence-electron chi connectivity index (χ4n) is 2.90. The maximum absolute atomic E-state index is 14.1. The summed E-state index contributed by atoms with van der Waals surface area (Å²) < 4.78 is 19.8. The molecule has 0 saturated carbocycles. The molecule has 1 atom stereocenters. The molecule has 1 saturated heterocycles. The number of fused-ring (bicyclic) bond motifs is 1. The lowest BCUT2D eigenvalue weighted by molar-refractivity contribution is 0.278. The van der Waals surface area contributed by atoms with Crippen LogP contribution in [-0.2, 0) is 6.42 Å². The summed E-state index contributed by atoms with van der Waals surface area (Å²) in [7, 11) is 0. The van der Waals surface area contributed by atoms with Crippen molar-refractivity contribution in [2.45, 2.75) is 31.6 Å². The Hall–Kier alpha value is -1.09. The smallest absolute Gasteiger partial charge is 0.130 e. The van der Waals surface area contributed by atoms with Crippen molar-refractivity contribution in [3.63, 3.8) is 0 Å². The minimum absolute atomic E-state index is 0.0978. The van der Waals surface area contributed by atoms with Crippen molar-refractivity contribution < 1.29 is 9.13 Å². The van der Waals surface area contributed by atoms with Gasteiger partial charge in [-0.05, 0) is 43.9 Å². The zero-order chi connectivity index (χ0) is 11.7. The van der Waals surface area contributed by atoms with Gasteiger partial charge in [-0.3, -0.25) is 0 Å². The monoisotopic (exact) mass is 235 g/mol. The summed E-state index contributed by atoms with van der Waals surface area (Å²) in [4.78, 5) is 0.